The molecule has 0 spiro atoms. The third-order valence-electron chi connectivity index (χ3n) is 3.29. The monoisotopic (exact) mass is 362 g/mol. The molecule has 2 aliphatic rings. The molecule has 8 atom stereocenters. The maximum Gasteiger partial charge on any atom is 0.186 e. The van der Waals surface area contributed by atoms with Crippen LogP contribution in [0, 0.1) is 0 Å². The van der Waals surface area contributed by atoms with Gasteiger partial charge < -0.3 is 50.0 Å². The molecule has 7 N–H and O–H groups in total. The average molecular weight is 363 g/mol. The van der Waals surface area contributed by atoms with Crippen molar-refractivity contribution in [2.45, 2.75) is 49.2 Å². The van der Waals surface area contributed by atoms with Crippen molar-refractivity contribution in [2.75, 3.05) is 25.7 Å². The summed E-state index contributed by atoms with van der Waals surface area (Å²) >= 11 is 5.36. The number of hydrogen-bond donors (Lipinski definition) is 7. The smallest absolute Gasteiger partial charge is 0.186 e. The quantitative estimate of drug-likeness (QED) is 0.246. The van der Waals surface area contributed by atoms with Crippen molar-refractivity contribution in [1.82, 2.24) is 0 Å². The van der Waals surface area contributed by atoms with Gasteiger partial charge in [-0.1, -0.05) is 0 Å². The first-order valence-corrected chi connectivity index (χ1v) is 7.50. The molecule has 0 aromatic rings. The van der Waals surface area contributed by atoms with Crippen LogP contribution in [0.1, 0.15) is 0 Å². The maximum absolute atomic E-state index is 9.33. The van der Waals surface area contributed by atoms with Crippen LogP contribution in [0.5, 0.6) is 0 Å². The van der Waals surface area contributed by atoms with Crippen molar-refractivity contribution in [3.63, 3.8) is 0 Å². The predicted molar refractivity (Wildman–Crippen MR) is 74.4 cm³/mol. The highest BCUT2D eigenvalue weighted by atomic mass is 35.5. The van der Waals surface area contributed by atoms with Crippen LogP contribution in [0.4, 0.5) is 0 Å². The second-order valence-corrected chi connectivity index (χ2v) is 5.46. The van der Waals surface area contributed by atoms with Crippen LogP contribution in [0.2, 0.25) is 0 Å². The fraction of sp³-hybridized carbons (Fsp3) is 1.00. The fourth-order valence-corrected chi connectivity index (χ4v) is 1.97. The van der Waals surface area contributed by atoms with Crippen molar-refractivity contribution in [3.8, 4) is 0 Å². The van der Waals surface area contributed by atoms with Crippen LogP contribution in [-0.4, -0.2) is 111 Å². The first-order chi connectivity index (χ1) is 10.8. The highest BCUT2D eigenvalue weighted by molar-refractivity contribution is 6.17. The van der Waals surface area contributed by atoms with E-state index in [9.17, 15) is 10.2 Å². The highest BCUT2D eigenvalue weighted by Gasteiger charge is 2.38. The first-order valence-electron chi connectivity index (χ1n) is 6.96. The van der Waals surface area contributed by atoms with E-state index in [2.05, 4.69) is 4.74 Å². The van der Waals surface area contributed by atoms with Gasteiger partial charge in [-0.15, -0.1) is 11.6 Å². The van der Waals surface area contributed by atoms with E-state index < -0.39 is 49.2 Å². The molecule has 2 fully saturated rings. The highest BCUT2D eigenvalue weighted by Crippen LogP contribution is 2.16. The molecule has 0 aromatic heterocycles. The number of aliphatic hydroxyl groups excluding tert-OH is 7. The Kier molecular flexibility index (Phi) is 9.11. The molecule has 2 saturated heterocycles. The lowest BCUT2D eigenvalue weighted by molar-refractivity contribution is -0.268. The van der Waals surface area contributed by atoms with Crippen molar-refractivity contribution < 1.29 is 50.0 Å². The van der Waals surface area contributed by atoms with Gasteiger partial charge in [0.15, 0.2) is 12.6 Å². The molecule has 2 heterocycles. The molecule has 2 aliphatic heterocycles. The molecular weight excluding hydrogens is 340 g/mol. The van der Waals surface area contributed by atoms with Gasteiger partial charge in [0.25, 0.3) is 0 Å². The van der Waals surface area contributed by atoms with Gasteiger partial charge >= 0.3 is 0 Å². The minimum atomic E-state index is -1.41. The summed E-state index contributed by atoms with van der Waals surface area (Å²) in [5.41, 5.74) is 0. The third-order valence-corrected chi connectivity index (χ3v) is 3.44. The maximum atomic E-state index is 9.33. The summed E-state index contributed by atoms with van der Waals surface area (Å²) in [5.74, 6) is 0.283. The zero-order valence-electron chi connectivity index (χ0n) is 12.2. The van der Waals surface area contributed by atoms with Crippen LogP contribution in [0.15, 0.2) is 0 Å². The Bertz CT molecular complexity index is 319. The molecule has 8 unspecified atom stereocenters. The molecule has 23 heavy (non-hydrogen) atoms. The van der Waals surface area contributed by atoms with Crippen molar-refractivity contribution in [3.05, 3.63) is 0 Å². The zero-order valence-corrected chi connectivity index (χ0v) is 12.9. The molecule has 0 amide bonds. The summed E-state index contributed by atoms with van der Waals surface area (Å²) in [6.07, 6.45) is -9.66. The van der Waals surface area contributed by atoms with Gasteiger partial charge in [-0.05, 0) is 0 Å². The lowest BCUT2D eigenvalue weighted by Crippen LogP contribution is -2.53. The number of aliphatic hydroxyl groups is 7. The van der Waals surface area contributed by atoms with Crippen LogP contribution < -0.4 is 0 Å². The predicted octanol–water partition coefficient (Wildman–Crippen LogP) is -3.90. The molecule has 0 aliphatic carbocycles. The second-order valence-electron chi connectivity index (χ2n) is 5.08. The SMILES string of the molecule is OC1COC(O)C(O)C1O.OC1COC(OCCCl)C(O)C1O. The lowest BCUT2D eigenvalue weighted by atomic mass is 10.1. The first kappa shape index (κ1) is 20.9. The Morgan fingerprint density at radius 2 is 1.30 bits per heavy atom. The number of alkyl halides is 1. The van der Waals surface area contributed by atoms with Crippen molar-refractivity contribution in [1.29, 1.82) is 0 Å². The van der Waals surface area contributed by atoms with Gasteiger partial charge in [0.2, 0.25) is 0 Å². The molecule has 0 bridgehead atoms. The van der Waals surface area contributed by atoms with E-state index in [1.54, 1.807) is 0 Å². The fourth-order valence-electron chi connectivity index (χ4n) is 1.88. The molecule has 138 valence electrons. The van der Waals surface area contributed by atoms with E-state index in [1.165, 1.54) is 0 Å². The number of halogens is 1. The summed E-state index contributed by atoms with van der Waals surface area (Å²) in [5, 5.41) is 62.9. The zero-order chi connectivity index (χ0) is 17.6. The second kappa shape index (κ2) is 10.0. The van der Waals surface area contributed by atoms with E-state index in [0.29, 0.717) is 0 Å². The van der Waals surface area contributed by atoms with Crippen LogP contribution >= 0.6 is 11.6 Å². The lowest BCUT2D eigenvalue weighted by Gasteiger charge is -2.34. The summed E-state index contributed by atoms with van der Waals surface area (Å²) in [6, 6.07) is 0. The summed E-state index contributed by atoms with van der Waals surface area (Å²) in [7, 11) is 0. The van der Waals surface area contributed by atoms with Crippen molar-refractivity contribution >= 4 is 11.6 Å². The van der Waals surface area contributed by atoms with E-state index in [4.69, 9.17) is 46.6 Å². The Hall–Kier alpha value is -0.110. The molecule has 10 nitrogen and oxygen atoms in total. The number of rotatable bonds is 3. The summed E-state index contributed by atoms with van der Waals surface area (Å²) in [4.78, 5) is 0. The van der Waals surface area contributed by atoms with Gasteiger partial charge in [-0.25, -0.2) is 0 Å². The standard InChI is InChI=1S/C7H13ClO5.C5H10O5/c8-1-2-12-7-6(11)5(10)4(9)3-13-7;6-2-1-10-5(9)4(8)3(2)7/h4-7,9-11H,1-3H2;2-9H,1H2. The van der Waals surface area contributed by atoms with Gasteiger partial charge in [0, 0.05) is 5.88 Å². The van der Waals surface area contributed by atoms with Crippen LogP contribution in [-0.2, 0) is 14.2 Å². The van der Waals surface area contributed by atoms with E-state index in [1.807, 2.05) is 0 Å². The van der Waals surface area contributed by atoms with Gasteiger partial charge in [-0.2, -0.15) is 0 Å². The molecule has 2 rings (SSSR count). The van der Waals surface area contributed by atoms with Gasteiger partial charge in [0.1, 0.15) is 36.6 Å². The van der Waals surface area contributed by atoms with Gasteiger partial charge in [-0.3, -0.25) is 0 Å². The Balaban J connectivity index is 0.000000238. The number of ether oxygens (including phenoxy) is 3. The van der Waals surface area contributed by atoms with E-state index in [0.717, 1.165) is 0 Å². The van der Waals surface area contributed by atoms with E-state index in [-0.39, 0.29) is 25.7 Å². The van der Waals surface area contributed by atoms with Crippen molar-refractivity contribution in [2.24, 2.45) is 0 Å². The molecule has 11 heteroatoms. The summed E-state index contributed by atoms with van der Waals surface area (Å²) in [6.45, 7) is 0.0245. The Morgan fingerprint density at radius 1 is 0.783 bits per heavy atom. The topological polar surface area (TPSA) is 169 Å². The average Bonchev–Trinajstić information content (AvgIpc) is 2.54. The molecule has 0 radical (unpaired) electrons. The Morgan fingerprint density at radius 3 is 1.83 bits per heavy atom. The minimum absolute atomic E-state index is 0.0504. The van der Waals surface area contributed by atoms with Crippen LogP contribution in [0.25, 0.3) is 0 Å². The third kappa shape index (κ3) is 6.03. The van der Waals surface area contributed by atoms with E-state index >= 15 is 0 Å². The summed E-state index contributed by atoms with van der Waals surface area (Å²) < 4.78 is 14.4. The Labute approximate surface area is 137 Å². The number of hydrogen-bond acceptors (Lipinski definition) is 10. The molecular formula is C12H23ClO10. The molecule has 0 saturated carbocycles. The normalized spacial score (nSPS) is 44.3. The van der Waals surface area contributed by atoms with Gasteiger partial charge in [0.05, 0.1) is 19.8 Å². The molecule has 0 aromatic carbocycles. The van der Waals surface area contributed by atoms with Crippen LogP contribution in [0.3, 0.4) is 0 Å². The minimum Gasteiger partial charge on any atom is -0.388 e. The largest absolute Gasteiger partial charge is 0.388 e.